The molecule has 2 rings (SSSR count). The second-order valence-electron chi connectivity index (χ2n) is 6.51. The van der Waals surface area contributed by atoms with Gasteiger partial charge in [-0.1, -0.05) is 13.8 Å². The Labute approximate surface area is 122 Å². The molecule has 0 spiro atoms. The highest BCUT2D eigenvalue weighted by Crippen LogP contribution is 2.33. The molecule has 0 saturated heterocycles. The zero-order valence-corrected chi connectivity index (χ0v) is 13.0. The van der Waals surface area contributed by atoms with Crippen LogP contribution < -0.4 is 10.5 Å². The number of ether oxygens (including phenoxy) is 1. The lowest BCUT2D eigenvalue weighted by molar-refractivity contribution is 0.0997. The van der Waals surface area contributed by atoms with Crippen molar-refractivity contribution in [3.8, 4) is 5.75 Å². The van der Waals surface area contributed by atoms with Crippen LogP contribution >= 0.6 is 0 Å². The van der Waals surface area contributed by atoms with Crippen LogP contribution in [0.25, 0.3) is 0 Å². The molecule has 3 N–H and O–H groups in total. The molecule has 1 saturated carbocycles. The van der Waals surface area contributed by atoms with Crippen molar-refractivity contribution in [1.82, 2.24) is 0 Å². The molecule has 3 heteroatoms. The van der Waals surface area contributed by atoms with Gasteiger partial charge in [0.25, 0.3) is 0 Å². The second-order valence-corrected chi connectivity index (χ2v) is 6.51. The van der Waals surface area contributed by atoms with Crippen LogP contribution in [0.5, 0.6) is 5.75 Å². The van der Waals surface area contributed by atoms with E-state index >= 15 is 0 Å². The Morgan fingerprint density at radius 3 is 2.05 bits per heavy atom. The first-order valence-electron chi connectivity index (χ1n) is 7.49. The van der Waals surface area contributed by atoms with Crippen LogP contribution in [0.2, 0.25) is 0 Å². The smallest absolute Gasteiger partial charge is 0.125 e. The predicted octanol–water partition coefficient (Wildman–Crippen LogP) is 3.79. The Kier molecular flexibility index (Phi) is 4.36. The first kappa shape index (κ1) is 14.9. The maximum atomic E-state index is 7.54. The quantitative estimate of drug-likeness (QED) is 0.650. The molecular formula is C17H26N2O. The molecule has 3 nitrogen and oxygen atoms in total. The normalized spacial score (nSPS) is 26.3. The van der Waals surface area contributed by atoms with Crippen molar-refractivity contribution in [3.63, 3.8) is 0 Å². The maximum absolute atomic E-state index is 7.54. The number of amidine groups is 1. The van der Waals surface area contributed by atoms with E-state index in [1.54, 1.807) is 0 Å². The van der Waals surface area contributed by atoms with Crippen molar-refractivity contribution in [2.24, 2.45) is 17.6 Å². The highest BCUT2D eigenvalue weighted by Gasteiger charge is 2.26. The monoisotopic (exact) mass is 274 g/mol. The summed E-state index contributed by atoms with van der Waals surface area (Å²) in [6, 6.07) is 3.89. The van der Waals surface area contributed by atoms with E-state index in [4.69, 9.17) is 15.9 Å². The first-order chi connectivity index (χ1) is 9.36. The van der Waals surface area contributed by atoms with Gasteiger partial charge in [-0.2, -0.15) is 0 Å². The SMILES string of the molecule is Cc1cc(C(=N)N)cc(C)c1OC1CC(C)CC(C)C1. The minimum Gasteiger partial charge on any atom is -0.490 e. The third kappa shape index (κ3) is 3.33. The van der Waals surface area contributed by atoms with Crippen molar-refractivity contribution in [2.45, 2.75) is 53.1 Å². The van der Waals surface area contributed by atoms with Gasteiger partial charge in [-0.25, -0.2) is 0 Å². The van der Waals surface area contributed by atoms with E-state index in [1.165, 1.54) is 6.42 Å². The summed E-state index contributed by atoms with van der Waals surface area (Å²) >= 11 is 0. The van der Waals surface area contributed by atoms with Crippen molar-refractivity contribution in [3.05, 3.63) is 28.8 Å². The molecular weight excluding hydrogens is 248 g/mol. The Balaban J connectivity index is 2.19. The summed E-state index contributed by atoms with van der Waals surface area (Å²) in [5, 5.41) is 7.54. The van der Waals surface area contributed by atoms with E-state index in [0.717, 1.165) is 47.1 Å². The van der Waals surface area contributed by atoms with E-state index in [1.807, 2.05) is 26.0 Å². The molecule has 0 aliphatic heterocycles. The topological polar surface area (TPSA) is 59.1 Å². The highest BCUT2D eigenvalue weighted by molar-refractivity contribution is 5.95. The second kappa shape index (κ2) is 5.86. The number of aryl methyl sites for hydroxylation is 2. The summed E-state index contributed by atoms with van der Waals surface area (Å²) in [7, 11) is 0. The van der Waals surface area contributed by atoms with E-state index in [9.17, 15) is 0 Å². The number of benzene rings is 1. The third-order valence-corrected chi connectivity index (χ3v) is 4.19. The number of nitrogens with two attached hydrogens (primary N) is 1. The molecule has 1 aliphatic carbocycles. The number of nitrogen functional groups attached to an aromatic ring is 1. The summed E-state index contributed by atoms with van der Waals surface area (Å²) in [5.41, 5.74) is 8.48. The fourth-order valence-electron chi connectivity index (χ4n) is 3.43. The van der Waals surface area contributed by atoms with E-state index in [0.29, 0.717) is 6.10 Å². The van der Waals surface area contributed by atoms with Gasteiger partial charge < -0.3 is 10.5 Å². The van der Waals surface area contributed by atoms with Crippen LogP contribution in [0.3, 0.4) is 0 Å². The van der Waals surface area contributed by atoms with Gasteiger partial charge in [0.2, 0.25) is 0 Å². The van der Waals surface area contributed by atoms with E-state index < -0.39 is 0 Å². The number of hydrogen-bond donors (Lipinski definition) is 2. The van der Waals surface area contributed by atoms with Crippen LogP contribution in [0, 0.1) is 31.1 Å². The minimum atomic E-state index is 0.114. The molecule has 0 bridgehead atoms. The average molecular weight is 274 g/mol. The first-order valence-corrected chi connectivity index (χ1v) is 7.49. The molecule has 0 aromatic heterocycles. The molecule has 1 fully saturated rings. The van der Waals surface area contributed by atoms with Crippen molar-refractivity contribution in [1.29, 1.82) is 5.41 Å². The maximum Gasteiger partial charge on any atom is 0.125 e. The standard InChI is InChI=1S/C17H26N2O/c1-10-5-11(2)7-15(6-10)20-16-12(3)8-14(17(18)19)9-13(16)4/h8-11,15H,5-7H2,1-4H3,(H3,18,19). The lowest BCUT2D eigenvalue weighted by Crippen LogP contribution is -2.29. The van der Waals surface area contributed by atoms with Gasteiger partial charge in [0.15, 0.2) is 0 Å². The van der Waals surface area contributed by atoms with Gasteiger partial charge in [0, 0.05) is 5.56 Å². The fraction of sp³-hybridized carbons (Fsp3) is 0.588. The fourth-order valence-corrected chi connectivity index (χ4v) is 3.43. The number of rotatable bonds is 3. The molecule has 2 unspecified atom stereocenters. The Morgan fingerprint density at radius 2 is 1.60 bits per heavy atom. The van der Waals surface area contributed by atoms with Gasteiger partial charge in [0.1, 0.15) is 11.6 Å². The van der Waals surface area contributed by atoms with Crippen LogP contribution in [-0.2, 0) is 0 Å². The zero-order valence-electron chi connectivity index (χ0n) is 13.0. The Bertz CT molecular complexity index is 477. The summed E-state index contributed by atoms with van der Waals surface area (Å²) in [6.45, 7) is 8.68. The molecule has 1 aliphatic rings. The van der Waals surface area contributed by atoms with E-state index in [-0.39, 0.29) is 5.84 Å². The summed E-state index contributed by atoms with van der Waals surface area (Å²) < 4.78 is 6.28. The van der Waals surface area contributed by atoms with Crippen LogP contribution in [0.15, 0.2) is 12.1 Å². The summed E-state index contributed by atoms with van der Waals surface area (Å²) in [5.74, 6) is 2.56. The number of nitrogens with one attached hydrogen (secondary N) is 1. The lowest BCUT2D eigenvalue weighted by atomic mass is 9.81. The molecule has 0 amide bonds. The lowest BCUT2D eigenvalue weighted by Gasteiger charge is -2.32. The molecule has 0 heterocycles. The summed E-state index contributed by atoms with van der Waals surface area (Å²) in [4.78, 5) is 0. The van der Waals surface area contributed by atoms with Crippen LogP contribution in [0.4, 0.5) is 0 Å². The van der Waals surface area contributed by atoms with Crippen LogP contribution in [0.1, 0.15) is 49.8 Å². The summed E-state index contributed by atoms with van der Waals surface area (Å²) in [6.07, 6.45) is 3.89. The molecule has 20 heavy (non-hydrogen) atoms. The Morgan fingerprint density at radius 1 is 1.10 bits per heavy atom. The largest absolute Gasteiger partial charge is 0.490 e. The van der Waals surface area contributed by atoms with Crippen LogP contribution in [-0.4, -0.2) is 11.9 Å². The third-order valence-electron chi connectivity index (χ3n) is 4.19. The van der Waals surface area contributed by atoms with E-state index in [2.05, 4.69) is 13.8 Å². The van der Waals surface area contributed by atoms with Gasteiger partial charge in [-0.05, 0) is 68.2 Å². The van der Waals surface area contributed by atoms with Crippen molar-refractivity contribution < 1.29 is 4.74 Å². The molecule has 1 aromatic rings. The molecule has 2 atom stereocenters. The molecule has 110 valence electrons. The van der Waals surface area contributed by atoms with Gasteiger partial charge in [0.05, 0.1) is 6.10 Å². The Hall–Kier alpha value is -1.51. The number of hydrogen-bond acceptors (Lipinski definition) is 2. The van der Waals surface area contributed by atoms with Crippen molar-refractivity contribution in [2.75, 3.05) is 0 Å². The highest BCUT2D eigenvalue weighted by atomic mass is 16.5. The minimum absolute atomic E-state index is 0.114. The molecule has 0 radical (unpaired) electrons. The molecule has 1 aromatic carbocycles. The van der Waals surface area contributed by atoms with Gasteiger partial charge >= 0.3 is 0 Å². The predicted molar refractivity (Wildman–Crippen MR) is 83.5 cm³/mol. The van der Waals surface area contributed by atoms with Gasteiger partial charge in [-0.15, -0.1) is 0 Å². The average Bonchev–Trinajstić information content (AvgIpc) is 2.32. The van der Waals surface area contributed by atoms with Crippen molar-refractivity contribution >= 4 is 5.84 Å². The van der Waals surface area contributed by atoms with Gasteiger partial charge in [-0.3, -0.25) is 5.41 Å². The zero-order chi connectivity index (χ0) is 14.9.